The lowest BCUT2D eigenvalue weighted by molar-refractivity contribution is 0.396. The number of aromatic amines is 1. The van der Waals surface area contributed by atoms with Crippen molar-refractivity contribution in [1.29, 1.82) is 0 Å². The number of aromatic nitrogens is 2. The second-order valence-corrected chi connectivity index (χ2v) is 9.74. The molecule has 1 aliphatic rings. The summed E-state index contributed by atoms with van der Waals surface area (Å²) in [6.07, 6.45) is 1.73. The number of H-pyrrole nitrogens is 1. The third-order valence-corrected chi connectivity index (χ3v) is 7.16. The van der Waals surface area contributed by atoms with E-state index in [0.717, 1.165) is 18.4 Å². The van der Waals surface area contributed by atoms with Crippen molar-refractivity contribution in [2.75, 3.05) is 6.54 Å². The SMILES string of the molecule is Cc1n[nH]c(C)c1S(=O)(=O)N1CCCC1c1ccc(C(C)(C)C)cc1. The molecule has 0 aliphatic carbocycles. The number of nitrogens with one attached hydrogen (secondary N) is 1. The second kappa shape index (κ2) is 6.25. The average Bonchev–Trinajstić information content (AvgIpc) is 3.14. The standard InChI is InChI=1S/C19H27N3O2S/c1-13-18(14(2)21-20-13)25(23,24)22-12-6-7-17(22)15-8-10-16(11-9-15)19(3,4)5/h8-11,17H,6-7,12H2,1-5H3,(H,20,21). The van der Waals surface area contributed by atoms with Crippen LogP contribution in [0.5, 0.6) is 0 Å². The first-order valence-electron chi connectivity index (χ1n) is 8.76. The predicted octanol–water partition coefficient (Wildman–Crippen LogP) is 3.85. The van der Waals surface area contributed by atoms with E-state index in [2.05, 4.69) is 55.2 Å². The van der Waals surface area contributed by atoms with Crippen LogP contribution in [0.25, 0.3) is 0 Å². The quantitative estimate of drug-likeness (QED) is 0.903. The molecule has 0 amide bonds. The molecule has 1 saturated heterocycles. The molecule has 1 unspecified atom stereocenters. The lowest BCUT2D eigenvalue weighted by Crippen LogP contribution is -2.31. The predicted molar refractivity (Wildman–Crippen MR) is 99.1 cm³/mol. The molecule has 1 aromatic heterocycles. The van der Waals surface area contributed by atoms with Gasteiger partial charge in [-0.3, -0.25) is 5.10 Å². The summed E-state index contributed by atoms with van der Waals surface area (Å²) < 4.78 is 28.1. The highest BCUT2D eigenvalue weighted by molar-refractivity contribution is 7.89. The number of rotatable bonds is 3. The van der Waals surface area contributed by atoms with Crippen molar-refractivity contribution in [1.82, 2.24) is 14.5 Å². The Morgan fingerprint density at radius 1 is 1.16 bits per heavy atom. The summed E-state index contributed by atoms with van der Waals surface area (Å²) in [6, 6.07) is 8.29. The van der Waals surface area contributed by atoms with Gasteiger partial charge in [-0.05, 0) is 43.2 Å². The molecule has 2 aromatic rings. The molecule has 136 valence electrons. The molecule has 0 radical (unpaired) electrons. The molecule has 0 spiro atoms. The zero-order valence-electron chi connectivity index (χ0n) is 15.6. The van der Waals surface area contributed by atoms with Crippen molar-refractivity contribution in [3.63, 3.8) is 0 Å². The molecule has 6 heteroatoms. The van der Waals surface area contributed by atoms with Crippen LogP contribution in [0.1, 0.15) is 62.2 Å². The van der Waals surface area contributed by atoms with Gasteiger partial charge in [0.1, 0.15) is 4.90 Å². The molecule has 1 aromatic carbocycles. The van der Waals surface area contributed by atoms with Crippen molar-refractivity contribution >= 4 is 10.0 Å². The normalized spacial score (nSPS) is 19.5. The van der Waals surface area contributed by atoms with Gasteiger partial charge in [0.2, 0.25) is 10.0 Å². The van der Waals surface area contributed by atoms with Gasteiger partial charge in [0.15, 0.2) is 0 Å². The first kappa shape index (κ1) is 18.1. The maximum Gasteiger partial charge on any atom is 0.247 e. The van der Waals surface area contributed by atoms with Gasteiger partial charge in [-0.25, -0.2) is 8.42 Å². The van der Waals surface area contributed by atoms with Crippen molar-refractivity contribution in [3.05, 3.63) is 46.8 Å². The Balaban J connectivity index is 1.96. The maximum atomic E-state index is 13.2. The molecule has 2 heterocycles. The third kappa shape index (κ3) is 3.25. The first-order valence-corrected chi connectivity index (χ1v) is 10.2. The van der Waals surface area contributed by atoms with E-state index in [1.54, 1.807) is 18.2 Å². The van der Waals surface area contributed by atoms with Gasteiger partial charge < -0.3 is 0 Å². The molecular formula is C19H27N3O2S. The molecule has 1 aliphatic heterocycles. The van der Waals surface area contributed by atoms with E-state index in [1.807, 2.05) is 0 Å². The van der Waals surface area contributed by atoms with Gasteiger partial charge in [-0.2, -0.15) is 9.40 Å². The van der Waals surface area contributed by atoms with E-state index in [-0.39, 0.29) is 11.5 Å². The number of hydrogen-bond donors (Lipinski definition) is 1. The molecule has 1 fully saturated rings. The van der Waals surface area contributed by atoms with Crippen LogP contribution in [0.3, 0.4) is 0 Å². The number of aryl methyl sites for hydroxylation is 2. The lowest BCUT2D eigenvalue weighted by Gasteiger charge is -2.26. The third-order valence-electron chi connectivity index (χ3n) is 4.99. The Morgan fingerprint density at radius 2 is 1.80 bits per heavy atom. The fourth-order valence-corrected chi connectivity index (χ4v) is 5.62. The van der Waals surface area contributed by atoms with Crippen LogP contribution in [0.15, 0.2) is 29.2 Å². The Kier molecular flexibility index (Phi) is 4.54. The minimum atomic E-state index is -3.55. The van der Waals surface area contributed by atoms with Gasteiger partial charge in [0.25, 0.3) is 0 Å². The summed E-state index contributed by atoms with van der Waals surface area (Å²) in [4.78, 5) is 0.325. The van der Waals surface area contributed by atoms with Gasteiger partial charge in [-0.1, -0.05) is 45.0 Å². The zero-order chi connectivity index (χ0) is 18.4. The Hall–Kier alpha value is -1.66. The summed E-state index contributed by atoms with van der Waals surface area (Å²) >= 11 is 0. The topological polar surface area (TPSA) is 66.1 Å². The van der Waals surface area contributed by atoms with Gasteiger partial charge in [-0.15, -0.1) is 0 Å². The van der Waals surface area contributed by atoms with Crippen LogP contribution in [-0.2, 0) is 15.4 Å². The van der Waals surface area contributed by atoms with Crippen LogP contribution in [0.2, 0.25) is 0 Å². The minimum Gasteiger partial charge on any atom is -0.281 e. The van der Waals surface area contributed by atoms with Crippen molar-refractivity contribution in [3.8, 4) is 0 Å². The monoisotopic (exact) mass is 361 g/mol. The maximum absolute atomic E-state index is 13.2. The van der Waals surface area contributed by atoms with E-state index in [4.69, 9.17) is 0 Å². The van der Waals surface area contributed by atoms with E-state index in [0.29, 0.717) is 22.8 Å². The molecule has 5 nitrogen and oxygen atoms in total. The average molecular weight is 362 g/mol. The summed E-state index contributed by atoms with van der Waals surface area (Å²) in [5, 5.41) is 6.85. The molecule has 25 heavy (non-hydrogen) atoms. The highest BCUT2D eigenvalue weighted by Crippen LogP contribution is 2.38. The van der Waals surface area contributed by atoms with Crippen molar-refractivity contribution < 1.29 is 8.42 Å². The van der Waals surface area contributed by atoms with Gasteiger partial charge >= 0.3 is 0 Å². The summed E-state index contributed by atoms with van der Waals surface area (Å²) in [5.41, 5.74) is 3.54. The molecule has 1 atom stereocenters. The largest absolute Gasteiger partial charge is 0.281 e. The lowest BCUT2D eigenvalue weighted by atomic mass is 9.86. The molecular weight excluding hydrogens is 334 g/mol. The number of nitrogens with zero attached hydrogens (tertiary/aromatic N) is 2. The zero-order valence-corrected chi connectivity index (χ0v) is 16.4. The summed E-state index contributed by atoms with van der Waals surface area (Å²) in [5.74, 6) is 0. The molecule has 0 bridgehead atoms. The van der Waals surface area contributed by atoms with Crippen LogP contribution < -0.4 is 0 Å². The van der Waals surface area contributed by atoms with Crippen LogP contribution in [0.4, 0.5) is 0 Å². The molecule has 3 rings (SSSR count). The Labute approximate surface area is 150 Å². The van der Waals surface area contributed by atoms with Crippen molar-refractivity contribution in [2.45, 2.75) is 63.8 Å². The highest BCUT2D eigenvalue weighted by atomic mass is 32.2. The number of sulfonamides is 1. The fraction of sp³-hybridized carbons (Fsp3) is 0.526. The van der Waals surface area contributed by atoms with E-state index in [1.165, 1.54) is 5.56 Å². The molecule has 0 saturated carbocycles. The minimum absolute atomic E-state index is 0.0883. The summed E-state index contributed by atoms with van der Waals surface area (Å²) in [7, 11) is -3.55. The van der Waals surface area contributed by atoms with E-state index >= 15 is 0 Å². The van der Waals surface area contributed by atoms with E-state index < -0.39 is 10.0 Å². The van der Waals surface area contributed by atoms with Crippen LogP contribution in [0, 0.1) is 13.8 Å². The van der Waals surface area contributed by atoms with Gasteiger partial charge in [0.05, 0.1) is 17.4 Å². The Morgan fingerprint density at radius 3 is 2.32 bits per heavy atom. The second-order valence-electron chi connectivity index (χ2n) is 7.91. The highest BCUT2D eigenvalue weighted by Gasteiger charge is 2.38. The van der Waals surface area contributed by atoms with E-state index in [9.17, 15) is 8.42 Å². The Bertz CT molecular complexity index is 842. The van der Waals surface area contributed by atoms with Crippen LogP contribution >= 0.6 is 0 Å². The number of hydrogen-bond acceptors (Lipinski definition) is 3. The first-order chi connectivity index (χ1) is 11.6. The van der Waals surface area contributed by atoms with Crippen LogP contribution in [-0.4, -0.2) is 29.5 Å². The number of benzene rings is 1. The molecule has 1 N–H and O–H groups in total. The van der Waals surface area contributed by atoms with Gasteiger partial charge in [0, 0.05) is 6.54 Å². The fourth-order valence-electron chi connectivity index (χ4n) is 3.60. The smallest absolute Gasteiger partial charge is 0.247 e. The summed E-state index contributed by atoms with van der Waals surface area (Å²) in [6.45, 7) is 10.6. The van der Waals surface area contributed by atoms with Crippen molar-refractivity contribution in [2.24, 2.45) is 0 Å².